The molecule has 7 heteroatoms. The lowest BCUT2D eigenvalue weighted by Crippen LogP contribution is -2.25. The molecule has 2 heterocycles. The van der Waals surface area contributed by atoms with Crippen LogP contribution in [0.4, 0.5) is 10.1 Å². The van der Waals surface area contributed by atoms with E-state index in [1.807, 2.05) is 31.2 Å². The number of aryl methyl sites for hydroxylation is 1. The van der Waals surface area contributed by atoms with Gasteiger partial charge < -0.3 is 10.2 Å². The Morgan fingerprint density at radius 3 is 2.55 bits per heavy atom. The number of aliphatic imine (C=N–C) groups is 1. The van der Waals surface area contributed by atoms with E-state index in [1.165, 1.54) is 6.07 Å². The van der Waals surface area contributed by atoms with Crippen LogP contribution in [0.2, 0.25) is 0 Å². The van der Waals surface area contributed by atoms with Gasteiger partial charge in [0, 0.05) is 37.8 Å². The maximum atomic E-state index is 13.1. The van der Waals surface area contributed by atoms with Gasteiger partial charge in [-0.3, -0.25) is 9.59 Å². The van der Waals surface area contributed by atoms with Gasteiger partial charge in [-0.2, -0.15) is 4.39 Å². The largest absolute Gasteiger partial charge is 0.347 e. The van der Waals surface area contributed by atoms with Gasteiger partial charge in [0.1, 0.15) is 5.70 Å². The second kappa shape index (κ2) is 8.77. The predicted octanol–water partition coefficient (Wildman–Crippen LogP) is 3.30. The van der Waals surface area contributed by atoms with Gasteiger partial charge in [0.15, 0.2) is 0 Å². The lowest BCUT2D eigenvalue weighted by Gasteiger charge is -2.16. The molecule has 1 aliphatic heterocycles. The first-order chi connectivity index (χ1) is 13.9. The van der Waals surface area contributed by atoms with E-state index in [0.29, 0.717) is 24.2 Å². The van der Waals surface area contributed by atoms with Crippen molar-refractivity contribution in [1.29, 1.82) is 0 Å². The number of aromatic nitrogens is 1. The number of allylic oxidation sites excluding steroid dienone is 1. The molecule has 0 unspecified atom stereocenters. The summed E-state index contributed by atoms with van der Waals surface area (Å²) in [5.41, 5.74) is 4.17. The highest BCUT2D eigenvalue weighted by atomic mass is 19.1. The van der Waals surface area contributed by atoms with E-state index < -0.39 is 5.95 Å². The normalized spacial score (nSPS) is 13.0. The Morgan fingerprint density at radius 2 is 1.90 bits per heavy atom. The van der Waals surface area contributed by atoms with Crippen LogP contribution in [-0.2, 0) is 16.1 Å². The fraction of sp³-hybridized carbons (Fsp3) is 0.273. The van der Waals surface area contributed by atoms with Crippen molar-refractivity contribution in [3.05, 3.63) is 70.9 Å². The Hall–Kier alpha value is -3.35. The molecule has 0 fully saturated rings. The molecule has 1 aromatic heterocycles. The zero-order valence-electron chi connectivity index (χ0n) is 16.7. The molecule has 3 rings (SSSR count). The molecule has 2 aromatic rings. The third-order valence-corrected chi connectivity index (χ3v) is 4.84. The molecule has 2 amide bonds. The maximum absolute atomic E-state index is 13.1. The summed E-state index contributed by atoms with van der Waals surface area (Å²) in [6.45, 7) is 3.78. The van der Waals surface area contributed by atoms with Crippen LogP contribution in [0.5, 0.6) is 0 Å². The molecule has 150 valence electrons. The van der Waals surface area contributed by atoms with Crippen LogP contribution in [0, 0.1) is 12.9 Å². The van der Waals surface area contributed by atoms with Crippen molar-refractivity contribution in [2.45, 2.75) is 33.2 Å². The van der Waals surface area contributed by atoms with Crippen molar-refractivity contribution in [3.63, 3.8) is 0 Å². The van der Waals surface area contributed by atoms with Crippen LogP contribution in [0.15, 0.2) is 53.2 Å². The number of hydrogen-bond donors (Lipinski definition) is 1. The first kappa shape index (κ1) is 20.4. The van der Waals surface area contributed by atoms with E-state index in [0.717, 1.165) is 22.5 Å². The number of halogens is 1. The summed E-state index contributed by atoms with van der Waals surface area (Å²) in [6.07, 6.45) is 2.78. The second-order valence-electron chi connectivity index (χ2n) is 6.77. The topological polar surface area (TPSA) is 74.7 Å². The highest BCUT2D eigenvalue weighted by Crippen LogP contribution is 2.20. The molecule has 0 saturated heterocycles. The van der Waals surface area contributed by atoms with E-state index in [2.05, 4.69) is 15.3 Å². The van der Waals surface area contributed by atoms with Crippen molar-refractivity contribution in [2.24, 2.45) is 4.99 Å². The summed E-state index contributed by atoms with van der Waals surface area (Å²) in [7, 11) is 1.75. The summed E-state index contributed by atoms with van der Waals surface area (Å²) in [4.78, 5) is 34.0. The smallest absolute Gasteiger partial charge is 0.269 e. The molecule has 0 atom stereocenters. The highest BCUT2D eigenvalue weighted by molar-refractivity contribution is 6.08. The second-order valence-corrected chi connectivity index (χ2v) is 6.77. The van der Waals surface area contributed by atoms with Crippen LogP contribution in [0.3, 0.4) is 0 Å². The van der Waals surface area contributed by atoms with Crippen molar-refractivity contribution in [1.82, 2.24) is 10.3 Å². The van der Waals surface area contributed by atoms with Gasteiger partial charge in [-0.05, 0) is 42.3 Å². The number of anilines is 1. The SMILES string of the molecule is CCC(=O)N(C)c1ccc(C2=NC(C(=O)NCc3ccc(F)nc3C)=CC2)cc1. The summed E-state index contributed by atoms with van der Waals surface area (Å²) >= 11 is 0. The van der Waals surface area contributed by atoms with Crippen LogP contribution in [-0.4, -0.2) is 29.6 Å². The van der Waals surface area contributed by atoms with Gasteiger partial charge >= 0.3 is 0 Å². The minimum Gasteiger partial charge on any atom is -0.347 e. The number of benzene rings is 1. The molecule has 0 radical (unpaired) electrons. The van der Waals surface area contributed by atoms with Crippen LogP contribution in [0.25, 0.3) is 0 Å². The molecule has 1 aliphatic rings. The lowest BCUT2D eigenvalue weighted by molar-refractivity contribution is -0.118. The third kappa shape index (κ3) is 4.74. The van der Waals surface area contributed by atoms with Crippen molar-refractivity contribution >= 4 is 23.2 Å². The number of amides is 2. The van der Waals surface area contributed by atoms with Gasteiger partial charge in [0.05, 0.1) is 5.71 Å². The number of hydrogen-bond acceptors (Lipinski definition) is 4. The minimum atomic E-state index is -0.540. The average Bonchev–Trinajstić information content (AvgIpc) is 3.22. The van der Waals surface area contributed by atoms with Crippen LogP contribution < -0.4 is 10.2 Å². The van der Waals surface area contributed by atoms with Gasteiger partial charge in [-0.1, -0.05) is 25.1 Å². The summed E-state index contributed by atoms with van der Waals surface area (Å²) in [6, 6.07) is 10.4. The summed E-state index contributed by atoms with van der Waals surface area (Å²) in [5.74, 6) is -0.779. The van der Waals surface area contributed by atoms with E-state index in [4.69, 9.17) is 0 Å². The molecule has 0 aliphatic carbocycles. The van der Waals surface area contributed by atoms with E-state index in [9.17, 15) is 14.0 Å². The van der Waals surface area contributed by atoms with Crippen molar-refractivity contribution in [2.75, 3.05) is 11.9 Å². The van der Waals surface area contributed by atoms with Gasteiger partial charge in [-0.25, -0.2) is 9.98 Å². The Morgan fingerprint density at radius 1 is 1.17 bits per heavy atom. The van der Waals surface area contributed by atoms with Gasteiger partial charge in [0.2, 0.25) is 11.9 Å². The molecule has 1 aromatic carbocycles. The molecule has 6 nitrogen and oxygen atoms in total. The fourth-order valence-corrected chi connectivity index (χ4v) is 3.03. The molecule has 0 saturated carbocycles. The van der Waals surface area contributed by atoms with Crippen molar-refractivity contribution < 1.29 is 14.0 Å². The lowest BCUT2D eigenvalue weighted by atomic mass is 10.1. The average molecular weight is 394 g/mol. The Labute approximate surface area is 169 Å². The van der Waals surface area contributed by atoms with E-state index in [1.54, 1.807) is 31.0 Å². The van der Waals surface area contributed by atoms with Gasteiger partial charge in [-0.15, -0.1) is 0 Å². The van der Waals surface area contributed by atoms with E-state index in [-0.39, 0.29) is 18.4 Å². The molecular formula is C22H23FN4O2. The summed E-state index contributed by atoms with van der Waals surface area (Å²) < 4.78 is 13.1. The molecule has 29 heavy (non-hydrogen) atoms. The monoisotopic (exact) mass is 394 g/mol. The molecule has 0 bridgehead atoms. The third-order valence-electron chi connectivity index (χ3n) is 4.84. The number of rotatable bonds is 6. The molecule has 0 spiro atoms. The van der Waals surface area contributed by atoms with Crippen LogP contribution >= 0.6 is 0 Å². The molecular weight excluding hydrogens is 371 g/mol. The number of carbonyl (C=O) groups is 2. The number of nitrogens with zero attached hydrogens (tertiary/aromatic N) is 3. The predicted molar refractivity (Wildman–Crippen MR) is 110 cm³/mol. The number of carbonyl (C=O) groups excluding carboxylic acids is 2. The number of nitrogens with one attached hydrogen (secondary N) is 1. The summed E-state index contributed by atoms with van der Waals surface area (Å²) in [5, 5.41) is 2.80. The Balaban J connectivity index is 1.63. The first-order valence-corrected chi connectivity index (χ1v) is 9.44. The first-order valence-electron chi connectivity index (χ1n) is 9.44. The Kier molecular flexibility index (Phi) is 6.16. The van der Waals surface area contributed by atoms with Crippen molar-refractivity contribution in [3.8, 4) is 0 Å². The standard InChI is InChI=1S/C22H23FN4O2/c1-4-21(28)27(3)17-8-5-15(6-9-17)18-10-11-19(26-18)22(29)24-13-16-7-12-20(23)25-14(16)2/h5-9,11-12H,4,10,13H2,1-3H3,(H,24,29). The zero-order valence-corrected chi connectivity index (χ0v) is 16.7. The highest BCUT2D eigenvalue weighted by Gasteiger charge is 2.17. The quantitative estimate of drug-likeness (QED) is 0.764. The van der Waals surface area contributed by atoms with E-state index >= 15 is 0 Å². The van der Waals surface area contributed by atoms with Crippen LogP contribution in [0.1, 0.15) is 36.6 Å². The Bertz CT molecular complexity index is 996. The maximum Gasteiger partial charge on any atom is 0.269 e. The fourth-order valence-electron chi connectivity index (χ4n) is 3.03. The minimum absolute atomic E-state index is 0.0446. The zero-order chi connectivity index (χ0) is 21.0. The number of pyridine rings is 1. The molecule has 1 N–H and O–H groups in total. The van der Waals surface area contributed by atoms with Gasteiger partial charge in [0.25, 0.3) is 5.91 Å².